The highest BCUT2D eigenvalue weighted by molar-refractivity contribution is 7.10. The van der Waals surface area contributed by atoms with Gasteiger partial charge in [-0.25, -0.2) is 0 Å². The summed E-state index contributed by atoms with van der Waals surface area (Å²) in [7, 11) is 0. The molecule has 0 bridgehead atoms. The average molecular weight is 467 g/mol. The lowest BCUT2D eigenvalue weighted by Crippen LogP contribution is -2.45. The number of hydrogen-bond acceptors (Lipinski definition) is 5. The molecule has 1 spiro atoms. The van der Waals surface area contributed by atoms with Gasteiger partial charge in [0.05, 0.1) is 11.5 Å². The first-order valence-corrected chi connectivity index (χ1v) is 13.3. The molecule has 1 N–H and O–H groups in total. The zero-order chi connectivity index (χ0) is 22.7. The van der Waals surface area contributed by atoms with E-state index in [0.29, 0.717) is 12.5 Å². The summed E-state index contributed by atoms with van der Waals surface area (Å²) in [6.07, 6.45) is 10.6. The van der Waals surface area contributed by atoms with Crippen LogP contribution in [0, 0.1) is 11.3 Å². The molecule has 3 aliphatic rings. The van der Waals surface area contributed by atoms with Crippen LogP contribution in [0.4, 0.5) is 0 Å². The Morgan fingerprint density at radius 3 is 2.67 bits per heavy atom. The Hall–Kier alpha value is -2.25. The third kappa shape index (κ3) is 4.99. The van der Waals surface area contributed by atoms with Crippen LogP contribution in [-0.2, 0) is 16.1 Å². The van der Waals surface area contributed by atoms with E-state index in [2.05, 4.69) is 32.7 Å². The van der Waals surface area contributed by atoms with Gasteiger partial charge in [0.15, 0.2) is 0 Å². The molecule has 1 unspecified atom stereocenters. The Balaban J connectivity index is 1.13. The number of carbonyl (C=O) groups is 2. The minimum atomic E-state index is -0.176. The van der Waals surface area contributed by atoms with Crippen molar-refractivity contribution in [2.45, 2.75) is 57.5 Å². The monoisotopic (exact) mass is 466 g/mol. The van der Waals surface area contributed by atoms with E-state index in [-0.39, 0.29) is 23.3 Å². The van der Waals surface area contributed by atoms with Crippen LogP contribution in [0.2, 0.25) is 0 Å². The highest BCUT2D eigenvalue weighted by atomic mass is 32.1. The quantitative estimate of drug-likeness (QED) is 0.639. The molecule has 6 nitrogen and oxygen atoms in total. The molecular weight excluding hydrogens is 432 g/mol. The molecule has 2 amide bonds. The zero-order valence-corrected chi connectivity index (χ0v) is 20.1. The van der Waals surface area contributed by atoms with Gasteiger partial charge in [-0.2, -0.15) is 0 Å². The largest absolute Gasteiger partial charge is 0.348 e. The molecule has 0 radical (unpaired) electrons. The molecule has 176 valence electrons. The minimum Gasteiger partial charge on any atom is -0.348 e. The Bertz CT molecular complexity index is 936. The molecule has 1 saturated carbocycles. The van der Waals surface area contributed by atoms with Crippen LogP contribution in [-0.4, -0.2) is 52.8 Å². The molecule has 4 heterocycles. The Morgan fingerprint density at radius 1 is 1.18 bits per heavy atom. The maximum Gasteiger partial charge on any atom is 0.229 e. The lowest BCUT2D eigenvalue weighted by Gasteiger charge is -2.38. The molecule has 1 atom stereocenters. The van der Waals surface area contributed by atoms with Crippen molar-refractivity contribution in [2.24, 2.45) is 11.3 Å². The van der Waals surface area contributed by atoms with Crippen LogP contribution < -0.4 is 5.32 Å². The van der Waals surface area contributed by atoms with Crippen LogP contribution in [0.3, 0.4) is 0 Å². The molecule has 33 heavy (non-hydrogen) atoms. The second-order valence-electron chi connectivity index (χ2n) is 9.95. The van der Waals surface area contributed by atoms with E-state index in [1.165, 1.54) is 11.3 Å². The van der Waals surface area contributed by atoms with E-state index in [9.17, 15) is 9.59 Å². The van der Waals surface area contributed by atoms with Crippen LogP contribution in [0.25, 0.3) is 0 Å². The lowest BCUT2D eigenvalue weighted by molar-refractivity contribution is -0.139. The predicted molar refractivity (Wildman–Crippen MR) is 130 cm³/mol. The summed E-state index contributed by atoms with van der Waals surface area (Å²) >= 11 is 1.73. The standard InChI is InChI=1S/C26H34N4O2S/c31-24(21-5-1-6-21)28-22(23-7-3-17-33-23)8-13-29-14-9-26(10-15-29)11-16-30(25(26)32)19-20-4-2-12-27-18-20/h2-4,7,12,17-18,21-22H,1,5-6,8-11,13-16,19H2,(H,28,31). The van der Waals surface area contributed by atoms with Crippen molar-refractivity contribution in [3.8, 4) is 0 Å². The van der Waals surface area contributed by atoms with E-state index in [1.807, 2.05) is 23.2 Å². The van der Waals surface area contributed by atoms with Crippen LogP contribution in [0.5, 0.6) is 0 Å². The summed E-state index contributed by atoms with van der Waals surface area (Å²) in [5, 5.41) is 5.41. The number of nitrogens with zero attached hydrogens (tertiary/aromatic N) is 3. The number of amides is 2. The van der Waals surface area contributed by atoms with E-state index < -0.39 is 0 Å². The molecule has 2 aromatic heterocycles. The van der Waals surface area contributed by atoms with Gasteiger partial charge < -0.3 is 15.1 Å². The van der Waals surface area contributed by atoms with Crippen LogP contribution in [0.15, 0.2) is 42.0 Å². The average Bonchev–Trinajstić information content (AvgIpc) is 3.43. The fraction of sp³-hybridized carbons (Fsp3) is 0.577. The van der Waals surface area contributed by atoms with Gasteiger partial charge in [-0.1, -0.05) is 18.6 Å². The van der Waals surface area contributed by atoms with Gasteiger partial charge in [-0.3, -0.25) is 14.6 Å². The number of likely N-dealkylation sites (tertiary alicyclic amines) is 2. The van der Waals surface area contributed by atoms with Crippen molar-refractivity contribution >= 4 is 23.2 Å². The third-order valence-corrected chi connectivity index (χ3v) is 8.91. The summed E-state index contributed by atoms with van der Waals surface area (Å²) < 4.78 is 0. The van der Waals surface area contributed by atoms with Crippen LogP contribution in [0.1, 0.15) is 61.4 Å². The van der Waals surface area contributed by atoms with Gasteiger partial charge in [0.2, 0.25) is 11.8 Å². The first-order valence-electron chi connectivity index (χ1n) is 12.4. The first-order chi connectivity index (χ1) is 16.1. The topological polar surface area (TPSA) is 65.5 Å². The van der Waals surface area contributed by atoms with E-state index >= 15 is 0 Å². The summed E-state index contributed by atoms with van der Waals surface area (Å²) in [6, 6.07) is 8.27. The van der Waals surface area contributed by atoms with Crippen molar-refractivity contribution in [3.05, 3.63) is 52.5 Å². The maximum atomic E-state index is 13.3. The van der Waals surface area contributed by atoms with Crippen molar-refractivity contribution in [2.75, 3.05) is 26.2 Å². The van der Waals surface area contributed by atoms with Gasteiger partial charge in [-0.15, -0.1) is 11.3 Å². The van der Waals surface area contributed by atoms with Crippen molar-refractivity contribution in [1.82, 2.24) is 20.1 Å². The number of piperidine rings is 1. The second kappa shape index (κ2) is 9.94. The Labute approximate surface area is 200 Å². The van der Waals surface area contributed by atoms with Gasteiger partial charge in [0, 0.05) is 42.8 Å². The third-order valence-electron chi connectivity index (χ3n) is 7.92. The highest BCUT2D eigenvalue weighted by Gasteiger charge is 2.47. The summed E-state index contributed by atoms with van der Waals surface area (Å²) in [5.41, 5.74) is 0.925. The normalized spacial score (nSPS) is 21.8. The lowest BCUT2D eigenvalue weighted by atomic mass is 9.77. The van der Waals surface area contributed by atoms with Crippen molar-refractivity contribution < 1.29 is 9.59 Å². The minimum absolute atomic E-state index is 0.0945. The summed E-state index contributed by atoms with van der Waals surface area (Å²) in [5.74, 6) is 0.767. The van der Waals surface area contributed by atoms with Gasteiger partial charge >= 0.3 is 0 Å². The second-order valence-corrected chi connectivity index (χ2v) is 10.9. The van der Waals surface area contributed by atoms with E-state index in [4.69, 9.17) is 0 Å². The van der Waals surface area contributed by atoms with E-state index in [0.717, 1.165) is 70.3 Å². The number of pyridine rings is 1. The Morgan fingerprint density at radius 2 is 2.00 bits per heavy atom. The number of carbonyl (C=O) groups excluding carboxylic acids is 2. The molecule has 2 aromatic rings. The first kappa shape index (κ1) is 22.5. The molecule has 3 fully saturated rings. The number of rotatable bonds is 8. The summed E-state index contributed by atoms with van der Waals surface area (Å²) in [4.78, 5) is 35.8. The SMILES string of the molecule is O=C(NC(CCN1CCC2(CC1)CCN(Cc1cccnc1)C2=O)c1cccs1)C1CCC1. The number of aromatic nitrogens is 1. The Kier molecular flexibility index (Phi) is 6.79. The maximum absolute atomic E-state index is 13.3. The fourth-order valence-corrected chi connectivity index (χ4v) is 6.28. The van der Waals surface area contributed by atoms with Crippen molar-refractivity contribution in [1.29, 1.82) is 0 Å². The van der Waals surface area contributed by atoms with Gasteiger partial charge in [0.1, 0.15) is 0 Å². The molecule has 0 aromatic carbocycles. The molecule has 2 aliphatic heterocycles. The smallest absolute Gasteiger partial charge is 0.229 e. The van der Waals surface area contributed by atoms with Crippen molar-refractivity contribution in [3.63, 3.8) is 0 Å². The molecule has 7 heteroatoms. The van der Waals surface area contributed by atoms with Gasteiger partial charge in [0.25, 0.3) is 0 Å². The number of nitrogens with one attached hydrogen (secondary N) is 1. The molecule has 2 saturated heterocycles. The number of hydrogen-bond donors (Lipinski definition) is 1. The molecule has 5 rings (SSSR count). The number of thiophene rings is 1. The predicted octanol–water partition coefficient (Wildman–Crippen LogP) is 4.01. The van der Waals surface area contributed by atoms with E-state index in [1.54, 1.807) is 17.5 Å². The van der Waals surface area contributed by atoms with Gasteiger partial charge in [-0.05, 0) is 74.7 Å². The molecular formula is C26H34N4O2S. The molecule has 1 aliphatic carbocycles. The fourth-order valence-electron chi connectivity index (χ4n) is 5.47. The summed E-state index contributed by atoms with van der Waals surface area (Å²) in [6.45, 7) is 4.39. The highest BCUT2D eigenvalue weighted by Crippen LogP contribution is 2.42. The van der Waals surface area contributed by atoms with Crippen LogP contribution >= 0.6 is 11.3 Å². The zero-order valence-electron chi connectivity index (χ0n) is 19.2.